The summed E-state index contributed by atoms with van der Waals surface area (Å²) in [6.45, 7) is 6.30. The van der Waals surface area contributed by atoms with Crippen molar-refractivity contribution in [2.24, 2.45) is 4.99 Å². The fourth-order valence-corrected chi connectivity index (χ4v) is 4.24. The second-order valence-corrected chi connectivity index (χ2v) is 8.00. The molecule has 2 aromatic rings. The summed E-state index contributed by atoms with van der Waals surface area (Å²) in [7, 11) is 0. The van der Waals surface area contributed by atoms with E-state index in [0.717, 1.165) is 48.5 Å². The Kier molecular flexibility index (Phi) is 6.42. The number of unbranched alkanes of at least 4 members (excludes halogenated alkanes) is 2. The summed E-state index contributed by atoms with van der Waals surface area (Å²) in [5.74, 6) is 1.03. The maximum Gasteiger partial charge on any atom is 0.338 e. The monoisotopic (exact) mass is 388 g/mol. The first-order valence-electron chi connectivity index (χ1n) is 9.73. The van der Waals surface area contributed by atoms with E-state index in [2.05, 4.69) is 30.7 Å². The Balaban J connectivity index is 1.78. The first-order chi connectivity index (χ1) is 13.0. The number of hydrogen-bond donors (Lipinski definition) is 1. The Morgan fingerprint density at radius 2 is 2.22 bits per heavy atom. The van der Waals surface area contributed by atoms with Crippen molar-refractivity contribution in [2.75, 3.05) is 11.5 Å². The number of thioether (sulfide) groups is 1. The van der Waals surface area contributed by atoms with E-state index >= 15 is 0 Å². The lowest BCUT2D eigenvalue weighted by Crippen LogP contribution is -2.17. The van der Waals surface area contributed by atoms with E-state index in [4.69, 9.17) is 10.5 Å². The van der Waals surface area contributed by atoms with Gasteiger partial charge in [0.2, 0.25) is 5.95 Å². The van der Waals surface area contributed by atoms with Crippen LogP contribution in [0.2, 0.25) is 0 Å². The molecule has 7 heteroatoms. The number of carbonyl (C=O) groups excluding carboxylic acids is 1. The van der Waals surface area contributed by atoms with Crippen LogP contribution in [0.15, 0.2) is 23.2 Å². The number of hydrogen-bond acceptors (Lipinski definition) is 6. The maximum atomic E-state index is 12.6. The van der Waals surface area contributed by atoms with Gasteiger partial charge < -0.3 is 10.5 Å². The molecule has 0 saturated carbocycles. The molecule has 27 heavy (non-hydrogen) atoms. The van der Waals surface area contributed by atoms with E-state index in [1.54, 1.807) is 23.9 Å². The molecule has 1 aliphatic rings. The number of nitrogen functional groups attached to an aromatic ring is 1. The smallest absolute Gasteiger partial charge is 0.338 e. The molecule has 0 radical (unpaired) electrons. The fraction of sp³-hybridized carbons (Fsp3) is 0.550. The third-order valence-corrected chi connectivity index (χ3v) is 5.95. The van der Waals surface area contributed by atoms with Crippen LogP contribution in [0.3, 0.4) is 0 Å². The zero-order valence-corrected chi connectivity index (χ0v) is 17.1. The topological polar surface area (TPSA) is 82.5 Å². The highest BCUT2D eigenvalue weighted by molar-refractivity contribution is 8.14. The van der Waals surface area contributed by atoms with Gasteiger partial charge in [0.1, 0.15) is 6.10 Å². The highest BCUT2D eigenvalue weighted by Crippen LogP contribution is 2.27. The molecule has 0 spiro atoms. The van der Waals surface area contributed by atoms with Crippen molar-refractivity contribution in [2.45, 2.75) is 65.0 Å². The summed E-state index contributed by atoms with van der Waals surface area (Å²) >= 11 is 1.67. The second-order valence-electron chi connectivity index (χ2n) is 7.01. The van der Waals surface area contributed by atoms with Crippen molar-refractivity contribution >= 4 is 39.9 Å². The summed E-state index contributed by atoms with van der Waals surface area (Å²) < 4.78 is 7.56. The molecule has 3 rings (SSSR count). The van der Waals surface area contributed by atoms with Crippen LogP contribution >= 0.6 is 11.8 Å². The number of rotatable bonds is 7. The van der Waals surface area contributed by atoms with Crippen molar-refractivity contribution in [3.05, 3.63) is 23.8 Å². The molecule has 6 nitrogen and oxygen atoms in total. The Morgan fingerprint density at radius 3 is 2.89 bits per heavy atom. The molecule has 0 bridgehead atoms. The van der Waals surface area contributed by atoms with E-state index in [-0.39, 0.29) is 18.1 Å². The van der Waals surface area contributed by atoms with Gasteiger partial charge in [-0.3, -0.25) is 9.56 Å². The molecule has 0 aliphatic carbocycles. The predicted octanol–water partition coefficient (Wildman–Crippen LogP) is 4.47. The molecule has 2 N–H and O–H groups in total. The lowest BCUT2D eigenvalue weighted by Gasteiger charge is -2.16. The van der Waals surface area contributed by atoms with E-state index in [0.29, 0.717) is 17.0 Å². The van der Waals surface area contributed by atoms with Crippen molar-refractivity contribution in [1.82, 2.24) is 9.55 Å². The van der Waals surface area contributed by atoms with Gasteiger partial charge in [-0.15, -0.1) is 0 Å². The van der Waals surface area contributed by atoms with Crippen molar-refractivity contribution in [3.8, 4) is 0 Å². The number of aliphatic imine (C=N–C) groups is 1. The molecular formula is C20H28N4O2S. The minimum absolute atomic E-state index is 0.0342. The third-order valence-electron chi connectivity index (χ3n) is 4.75. The third kappa shape index (κ3) is 4.46. The summed E-state index contributed by atoms with van der Waals surface area (Å²) in [4.78, 5) is 21.6. The highest BCUT2D eigenvalue weighted by atomic mass is 32.2. The molecule has 0 saturated heterocycles. The molecule has 1 aliphatic heterocycles. The molecule has 2 unspecified atom stereocenters. The lowest BCUT2D eigenvalue weighted by molar-refractivity contribution is 0.0267. The van der Waals surface area contributed by atoms with Crippen molar-refractivity contribution in [1.29, 1.82) is 0 Å². The van der Waals surface area contributed by atoms with Gasteiger partial charge in [0.25, 0.3) is 0 Å². The maximum absolute atomic E-state index is 12.6. The van der Waals surface area contributed by atoms with E-state index in [9.17, 15) is 4.79 Å². The number of anilines is 1. The van der Waals surface area contributed by atoms with Crippen molar-refractivity contribution < 1.29 is 9.53 Å². The van der Waals surface area contributed by atoms with Crippen LogP contribution in [0, 0.1) is 0 Å². The van der Waals surface area contributed by atoms with Gasteiger partial charge in [-0.05, 0) is 44.4 Å². The van der Waals surface area contributed by atoms with Crippen LogP contribution in [0.5, 0.6) is 0 Å². The number of esters is 1. The van der Waals surface area contributed by atoms with Gasteiger partial charge in [-0.2, -0.15) is 0 Å². The lowest BCUT2D eigenvalue weighted by atomic mass is 10.1. The standard InChI is InChI=1S/C20H28N4O2S/c1-4-6-7-8-15(5-2)26-18(25)14-9-10-17-16(11-14)23-19(21)24(17)20-22-13(3)12-27-20/h9-11,13,15H,4-8,12H2,1-3H3,(H2,21,23). The number of carbonyl (C=O) groups is 1. The highest BCUT2D eigenvalue weighted by Gasteiger charge is 2.21. The first-order valence-corrected chi connectivity index (χ1v) is 10.7. The molecule has 1 aromatic heterocycles. The van der Waals surface area contributed by atoms with Gasteiger partial charge in [0.05, 0.1) is 22.6 Å². The summed E-state index contributed by atoms with van der Waals surface area (Å²) in [6, 6.07) is 5.69. The Morgan fingerprint density at radius 1 is 1.41 bits per heavy atom. The van der Waals surface area contributed by atoms with Gasteiger partial charge in [0.15, 0.2) is 5.17 Å². The minimum atomic E-state index is -0.297. The summed E-state index contributed by atoms with van der Waals surface area (Å²) in [5, 5.41) is 0.861. The Hall–Kier alpha value is -2.02. The largest absolute Gasteiger partial charge is 0.459 e. The van der Waals surface area contributed by atoms with Crippen LogP contribution in [-0.4, -0.2) is 38.6 Å². The van der Waals surface area contributed by atoms with Gasteiger partial charge in [-0.25, -0.2) is 9.78 Å². The molecule has 1 aromatic carbocycles. The van der Waals surface area contributed by atoms with Gasteiger partial charge in [-0.1, -0.05) is 38.5 Å². The van der Waals surface area contributed by atoms with E-state index in [1.165, 1.54) is 0 Å². The normalized spacial score (nSPS) is 17.9. The van der Waals surface area contributed by atoms with Crippen LogP contribution in [0.1, 0.15) is 63.2 Å². The first kappa shape index (κ1) is 19.7. The average molecular weight is 389 g/mol. The van der Waals surface area contributed by atoms with Crippen LogP contribution in [0.25, 0.3) is 11.0 Å². The fourth-order valence-electron chi connectivity index (χ4n) is 3.20. The Bertz CT molecular complexity index is 846. The number of fused-ring (bicyclic) bond motifs is 1. The quantitative estimate of drug-likeness (QED) is 0.559. The van der Waals surface area contributed by atoms with Crippen molar-refractivity contribution in [3.63, 3.8) is 0 Å². The number of nitrogens with two attached hydrogens (primary N) is 1. The van der Waals surface area contributed by atoms with Crippen LogP contribution in [0.4, 0.5) is 5.95 Å². The Labute approximate surface area is 164 Å². The number of nitrogens with zero attached hydrogens (tertiary/aromatic N) is 3. The average Bonchev–Trinajstić information content (AvgIpc) is 3.21. The van der Waals surface area contributed by atoms with E-state index in [1.807, 2.05) is 10.6 Å². The number of ether oxygens (including phenoxy) is 1. The van der Waals surface area contributed by atoms with Crippen LogP contribution in [-0.2, 0) is 4.74 Å². The minimum Gasteiger partial charge on any atom is -0.459 e. The number of benzene rings is 1. The molecule has 0 amide bonds. The molecule has 2 heterocycles. The zero-order chi connectivity index (χ0) is 19.4. The summed E-state index contributed by atoms with van der Waals surface area (Å²) in [5.41, 5.74) is 8.17. The van der Waals surface area contributed by atoms with Gasteiger partial charge >= 0.3 is 5.97 Å². The number of aromatic nitrogens is 2. The zero-order valence-electron chi connectivity index (χ0n) is 16.3. The molecule has 0 fully saturated rings. The molecule has 146 valence electrons. The molecular weight excluding hydrogens is 360 g/mol. The predicted molar refractivity (Wildman–Crippen MR) is 113 cm³/mol. The van der Waals surface area contributed by atoms with Crippen LogP contribution < -0.4 is 5.73 Å². The number of imidazole rings is 1. The van der Waals surface area contributed by atoms with Gasteiger partial charge in [0, 0.05) is 5.75 Å². The van der Waals surface area contributed by atoms with E-state index < -0.39 is 0 Å². The second kappa shape index (κ2) is 8.78. The SMILES string of the molecule is CCCCCC(CC)OC(=O)c1ccc2c(c1)nc(N)n2C1=NC(C)CS1. The molecule has 2 atom stereocenters. The summed E-state index contributed by atoms with van der Waals surface area (Å²) in [6.07, 6.45) is 5.11.